The Balaban J connectivity index is 2.08. The zero-order chi connectivity index (χ0) is 22.3. The molecular weight excluding hydrogens is 400 g/mol. The fourth-order valence-corrected chi connectivity index (χ4v) is 7.33. The van der Waals surface area contributed by atoms with Crippen molar-refractivity contribution >= 4 is 31.2 Å². The quantitative estimate of drug-likeness (QED) is 0.319. The standard InChI is InChI=1S/C26H28BNO2P/c1-3-13-25(26(30)28(2)24(20-29)21-14-7-4-8-15-21)31(27,22-16-9-5-10-17-22)23-18-11-6-12-19-23/h3-12,14-19,24-25,29H,1,13,20H2,2H3/q+1/t24-,25-/m0/s1. The molecule has 0 heterocycles. The van der Waals surface area contributed by atoms with Crippen LogP contribution >= 0.6 is 7.14 Å². The molecule has 3 aromatic rings. The lowest BCUT2D eigenvalue weighted by molar-refractivity contribution is -0.132. The highest BCUT2D eigenvalue weighted by molar-refractivity contribution is 8.09. The average molecular weight is 428 g/mol. The van der Waals surface area contributed by atoms with Crippen molar-refractivity contribution in [1.29, 1.82) is 0 Å². The summed E-state index contributed by atoms with van der Waals surface area (Å²) in [6.07, 6.45) is 2.21. The minimum atomic E-state index is -2.60. The van der Waals surface area contributed by atoms with E-state index in [9.17, 15) is 9.90 Å². The number of aliphatic hydroxyl groups excluding tert-OH is 1. The Morgan fingerprint density at radius 3 is 1.84 bits per heavy atom. The summed E-state index contributed by atoms with van der Waals surface area (Å²) in [6.45, 7) is 3.74. The largest absolute Gasteiger partial charge is 0.394 e. The van der Waals surface area contributed by atoms with Crippen molar-refractivity contribution in [2.24, 2.45) is 0 Å². The average Bonchev–Trinajstić information content (AvgIpc) is 2.84. The molecule has 1 N–H and O–H groups in total. The third kappa shape index (κ3) is 4.82. The van der Waals surface area contributed by atoms with Crippen LogP contribution in [0.2, 0.25) is 0 Å². The number of benzene rings is 3. The van der Waals surface area contributed by atoms with Gasteiger partial charge in [0.2, 0.25) is 0 Å². The molecule has 31 heavy (non-hydrogen) atoms. The van der Waals surface area contributed by atoms with Gasteiger partial charge in [-0.25, -0.2) is 0 Å². The highest BCUT2D eigenvalue weighted by atomic mass is 31.2. The summed E-state index contributed by atoms with van der Waals surface area (Å²) in [5.74, 6) is -0.0913. The van der Waals surface area contributed by atoms with Gasteiger partial charge in [0.05, 0.1) is 23.3 Å². The number of hydrogen-bond acceptors (Lipinski definition) is 2. The van der Waals surface area contributed by atoms with Crippen LogP contribution in [0, 0.1) is 0 Å². The van der Waals surface area contributed by atoms with Crippen LogP contribution in [-0.2, 0) is 4.79 Å². The number of carbonyl (C=O) groups is 1. The number of nitrogens with zero attached hydrogens (tertiary/aromatic N) is 1. The van der Waals surface area contributed by atoms with Gasteiger partial charge in [0.25, 0.3) is 5.91 Å². The lowest BCUT2D eigenvalue weighted by atomic mass is 10.1. The van der Waals surface area contributed by atoms with E-state index in [0.717, 1.165) is 16.2 Å². The van der Waals surface area contributed by atoms with Gasteiger partial charge in [-0.3, -0.25) is 4.79 Å². The molecular formula is C26H28BNO2P+. The molecule has 3 rings (SSSR count). The molecule has 2 atom stereocenters. The van der Waals surface area contributed by atoms with Crippen LogP contribution in [0.25, 0.3) is 0 Å². The second-order valence-corrected chi connectivity index (χ2v) is 10.8. The van der Waals surface area contributed by atoms with E-state index in [1.54, 1.807) is 18.0 Å². The first-order valence-electron chi connectivity index (χ1n) is 10.4. The molecule has 0 aliphatic heterocycles. The molecule has 0 saturated carbocycles. The van der Waals surface area contributed by atoms with Crippen molar-refractivity contribution in [2.75, 3.05) is 13.7 Å². The van der Waals surface area contributed by atoms with Crippen molar-refractivity contribution in [3.8, 4) is 0 Å². The SMILES string of the molecule is [B][P+](c1ccccc1)(c1ccccc1)[C@@H](CC=C)C(=O)N(C)[C@@H](CO)c1ccccc1. The Morgan fingerprint density at radius 1 is 0.968 bits per heavy atom. The van der Waals surface area contributed by atoms with Crippen LogP contribution in [0.3, 0.4) is 0 Å². The minimum Gasteiger partial charge on any atom is -0.394 e. The monoisotopic (exact) mass is 428 g/mol. The van der Waals surface area contributed by atoms with Gasteiger partial charge in [-0.05, 0) is 29.8 Å². The Bertz CT molecular complexity index is 943. The van der Waals surface area contributed by atoms with Crippen molar-refractivity contribution in [3.05, 3.63) is 109 Å². The summed E-state index contributed by atoms with van der Waals surface area (Å²) in [5, 5.41) is 12.0. The second kappa shape index (κ2) is 10.6. The van der Waals surface area contributed by atoms with Gasteiger partial charge in [-0.15, -0.1) is 6.58 Å². The van der Waals surface area contributed by atoms with Crippen molar-refractivity contribution in [1.82, 2.24) is 4.90 Å². The van der Waals surface area contributed by atoms with Crippen LogP contribution in [0.4, 0.5) is 0 Å². The number of amides is 1. The molecule has 156 valence electrons. The van der Waals surface area contributed by atoms with E-state index in [-0.39, 0.29) is 12.5 Å². The summed E-state index contributed by atoms with van der Waals surface area (Å²) in [5.41, 5.74) is 0.399. The zero-order valence-corrected chi connectivity index (χ0v) is 18.7. The molecule has 0 unspecified atom stereocenters. The molecule has 0 spiro atoms. The van der Waals surface area contributed by atoms with Crippen molar-refractivity contribution in [3.63, 3.8) is 0 Å². The number of likely N-dealkylation sites (N-methyl/N-ethyl adjacent to an activating group) is 1. The predicted molar refractivity (Wildman–Crippen MR) is 132 cm³/mol. The molecule has 0 aromatic heterocycles. The van der Waals surface area contributed by atoms with E-state index < -0.39 is 18.8 Å². The Hall–Kier alpha value is -2.68. The van der Waals surface area contributed by atoms with Gasteiger partial charge < -0.3 is 10.0 Å². The fourth-order valence-electron chi connectivity index (χ4n) is 3.97. The van der Waals surface area contributed by atoms with Gasteiger partial charge in [0, 0.05) is 20.6 Å². The Kier molecular flexibility index (Phi) is 7.84. The number of aliphatic hydroxyl groups is 1. The minimum absolute atomic E-state index is 0.0913. The van der Waals surface area contributed by atoms with Gasteiger partial charge in [-0.1, -0.05) is 72.8 Å². The number of carbonyl (C=O) groups excluding carboxylic acids is 1. The summed E-state index contributed by atoms with van der Waals surface area (Å²) >= 11 is 0. The Labute approximate surface area is 187 Å². The first-order valence-corrected chi connectivity index (χ1v) is 12.3. The number of rotatable bonds is 9. The van der Waals surface area contributed by atoms with Crippen LogP contribution in [0.15, 0.2) is 104 Å². The maximum Gasteiger partial charge on any atom is 0.378 e. The predicted octanol–water partition coefficient (Wildman–Crippen LogP) is 3.88. The zero-order valence-electron chi connectivity index (χ0n) is 17.8. The molecule has 0 fully saturated rings. The summed E-state index contributed by atoms with van der Waals surface area (Å²) in [7, 11) is 6.39. The maximum absolute atomic E-state index is 13.9. The lowest BCUT2D eigenvalue weighted by Gasteiger charge is -2.36. The van der Waals surface area contributed by atoms with Gasteiger partial charge in [0.1, 0.15) is 5.66 Å². The molecule has 2 radical (unpaired) electrons. The first-order chi connectivity index (χ1) is 15.0. The van der Waals surface area contributed by atoms with E-state index in [2.05, 4.69) is 6.58 Å². The summed E-state index contributed by atoms with van der Waals surface area (Å²) in [4.78, 5) is 15.6. The Morgan fingerprint density at radius 2 is 1.42 bits per heavy atom. The summed E-state index contributed by atoms with van der Waals surface area (Å²) < 4.78 is 0. The van der Waals surface area contributed by atoms with Gasteiger partial charge >= 0.3 is 7.57 Å². The molecule has 3 aromatic carbocycles. The van der Waals surface area contributed by atoms with Crippen LogP contribution in [0.1, 0.15) is 18.0 Å². The van der Waals surface area contributed by atoms with E-state index in [1.807, 2.05) is 91.0 Å². The number of hydrogen-bond donors (Lipinski definition) is 1. The van der Waals surface area contributed by atoms with E-state index in [4.69, 9.17) is 7.57 Å². The fraction of sp³-hybridized carbons (Fsp3) is 0.192. The van der Waals surface area contributed by atoms with Crippen molar-refractivity contribution < 1.29 is 9.90 Å². The van der Waals surface area contributed by atoms with Gasteiger partial charge in [-0.2, -0.15) is 0 Å². The molecule has 0 aliphatic rings. The van der Waals surface area contributed by atoms with Gasteiger partial charge in [0.15, 0.2) is 0 Å². The molecule has 5 heteroatoms. The van der Waals surface area contributed by atoms with E-state index in [0.29, 0.717) is 6.42 Å². The van der Waals surface area contributed by atoms with Crippen LogP contribution in [-0.4, -0.2) is 42.8 Å². The molecule has 0 saturated heterocycles. The van der Waals surface area contributed by atoms with E-state index >= 15 is 0 Å². The topological polar surface area (TPSA) is 40.5 Å². The van der Waals surface area contributed by atoms with Crippen LogP contribution < -0.4 is 10.6 Å². The third-order valence-corrected chi connectivity index (χ3v) is 9.43. The van der Waals surface area contributed by atoms with Crippen molar-refractivity contribution in [2.45, 2.75) is 18.1 Å². The third-order valence-electron chi connectivity index (χ3n) is 5.71. The smallest absolute Gasteiger partial charge is 0.378 e. The van der Waals surface area contributed by atoms with Crippen LogP contribution in [0.5, 0.6) is 0 Å². The lowest BCUT2D eigenvalue weighted by Crippen LogP contribution is -2.45. The molecule has 0 aliphatic carbocycles. The molecule has 1 amide bonds. The molecule has 3 nitrogen and oxygen atoms in total. The maximum atomic E-state index is 13.9. The first kappa shape index (κ1) is 23.0. The van der Waals surface area contributed by atoms with E-state index in [1.165, 1.54) is 0 Å². The highest BCUT2D eigenvalue weighted by Gasteiger charge is 2.50. The summed E-state index contributed by atoms with van der Waals surface area (Å²) in [6, 6.07) is 28.9. The highest BCUT2D eigenvalue weighted by Crippen LogP contribution is 2.58. The number of allylic oxidation sites excluding steroid dienone is 1. The second-order valence-electron chi connectivity index (χ2n) is 7.55. The molecule has 0 bridgehead atoms. The normalized spacial score (nSPS) is 13.2.